The molecule has 0 atom stereocenters. The predicted molar refractivity (Wildman–Crippen MR) is 112 cm³/mol. The Balaban J connectivity index is 0.000000443. The summed E-state index contributed by atoms with van der Waals surface area (Å²) < 4.78 is 9.03. The smallest absolute Gasteiger partial charge is 0.176 e. The van der Waals surface area contributed by atoms with Crippen LogP contribution in [0, 0.1) is 9.54 Å². The molecule has 0 bridgehead atoms. The Kier molecular flexibility index (Phi) is 11.5. The van der Waals surface area contributed by atoms with Crippen molar-refractivity contribution in [3.05, 3.63) is 9.54 Å². The predicted octanol–water partition coefficient (Wildman–Crippen LogP) is 3.74. The molecule has 0 amide bonds. The Labute approximate surface area is 195 Å². The maximum Gasteiger partial charge on any atom is 0.176 e. The molecule has 0 aliphatic rings. The molecular formula is C14H20N4PdS6-4. The van der Waals surface area contributed by atoms with Crippen LogP contribution in [0.5, 0.6) is 0 Å². The second-order valence-electron chi connectivity index (χ2n) is 4.76. The summed E-state index contributed by atoms with van der Waals surface area (Å²) in [5.74, 6) is 0. The molecule has 0 aromatic carbocycles. The van der Waals surface area contributed by atoms with Crippen LogP contribution >= 0.6 is 24.4 Å². The summed E-state index contributed by atoms with van der Waals surface area (Å²) >= 11 is 30.9. The molecule has 146 valence electrons. The molecule has 0 aliphatic heterocycles. The molecular weight excluding hydrogens is 523 g/mol. The average molecular weight is 543 g/mol. The average Bonchev–Trinajstić information content (AvgIpc) is 2.90. The van der Waals surface area contributed by atoms with Crippen LogP contribution in [-0.4, -0.2) is 18.3 Å². The Bertz CT molecular complexity index is 688. The molecule has 0 spiro atoms. The topological polar surface area (TPSA) is 19.7 Å². The van der Waals surface area contributed by atoms with Crippen LogP contribution in [0.15, 0.2) is 20.1 Å². The standard InChI is InChI=1S/2C7H12N2S3.Pd/c2*1-3-8-5(10)6(11)9(4-2)7(8)12;/h2*10-11H,3-4H2,1-2H3;/p-4. The van der Waals surface area contributed by atoms with E-state index in [9.17, 15) is 0 Å². The zero-order chi connectivity index (χ0) is 18.6. The van der Waals surface area contributed by atoms with E-state index in [-0.39, 0.29) is 20.4 Å². The fourth-order valence-corrected chi connectivity index (χ4v) is 4.63. The van der Waals surface area contributed by atoms with Crippen LogP contribution in [0.4, 0.5) is 0 Å². The second kappa shape index (κ2) is 11.3. The molecule has 0 fully saturated rings. The van der Waals surface area contributed by atoms with Gasteiger partial charge in [-0.2, -0.15) is 0 Å². The number of nitrogens with zero attached hydrogens (tertiary/aromatic N) is 4. The van der Waals surface area contributed by atoms with Gasteiger partial charge in [-0.1, -0.05) is 0 Å². The monoisotopic (exact) mass is 542 g/mol. The summed E-state index contributed by atoms with van der Waals surface area (Å²) in [6.45, 7) is 11.3. The number of rotatable bonds is 4. The number of aromatic nitrogens is 4. The summed E-state index contributed by atoms with van der Waals surface area (Å²) in [5, 5.41) is 2.78. The minimum atomic E-state index is 0. The van der Waals surface area contributed by atoms with E-state index in [0.717, 1.165) is 35.7 Å². The quantitative estimate of drug-likeness (QED) is 0.331. The number of hydrogen-bond donors (Lipinski definition) is 0. The van der Waals surface area contributed by atoms with Crippen LogP contribution in [-0.2, 0) is 97.1 Å². The summed E-state index contributed by atoms with van der Waals surface area (Å²) in [6, 6.07) is 0. The normalized spacial score (nSPS) is 10.1. The summed E-state index contributed by atoms with van der Waals surface area (Å²) in [5.41, 5.74) is 0. The van der Waals surface area contributed by atoms with Crippen molar-refractivity contribution in [3.8, 4) is 0 Å². The molecule has 2 heterocycles. The molecule has 4 nitrogen and oxygen atoms in total. The second-order valence-corrected chi connectivity index (χ2v) is 7.04. The van der Waals surface area contributed by atoms with Gasteiger partial charge in [0.1, 0.15) is 0 Å². The van der Waals surface area contributed by atoms with Gasteiger partial charge >= 0.3 is 0 Å². The Morgan fingerprint density at radius 1 is 0.560 bits per heavy atom. The van der Waals surface area contributed by atoms with Gasteiger partial charge in [-0.15, -0.1) is 20.1 Å². The van der Waals surface area contributed by atoms with E-state index in [1.165, 1.54) is 0 Å². The van der Waals surface area contributed by atoms with Gasteiger partial charge in [0.15, 0.2) is 9.54 Å². The zero-order valence-corrected chi connectivity index (χ0v) is 20.8. The van der Waals surface area contributed by atoms with Crippen molar-refractivity contribution in [3.63, 3.8) is 0 Å². The molecule has 0 aliphatic carbocycles. The van der Waals surface area contributed by atoms with Gasteiger partial charge in [0.25, 0.3) is 0 Å². The first-order valence-electron chi connectivity index (χ1n) is 7.61. The maximum absolute atomic E-state index is 5.19. The van der Waals surface area contributed by atoms with Gasteiger partial charge in [0.2, 0.25) is 0 Å². The van der Waals surface area contributed by atoms with Gasteiger partial charge in [0.05, 0.1) is 0 Å². The molecule has 11 heteroatoms. The van der Waals surface area contributed by atoms with Gasteiger partial charge in [-0.3, -0.25) is 0 Å². The van der Waals surface area contributed by atoms with Crippen LogP contribution in [0.3, 0.4) is 0 Å². The third-order valence-corrected chi connectivity index (χ3v) is 6.33. The van der Waals surface area contributed by atoms with Crippen LogP contribution in [0.25, 0.3) is 0 Å². The minimum absolute atomic E-state index is 0. The fourth-order valence-electron chi connectivity index (χ4n) is 2.22. The zero-order valence-electron chi connectivity index (χ0n) is 14.4. The van der Waals surface area contributed by atoms with Crippen molar-refractivity contribution in [2.75, 3.05) is 0 Å². The first-order valence-corrected chi connectivity index (χ1v) is 10.1. The summed E-state index contributed by atoms with van der Waals surface area (Å²) in [4.78, 5) is 0. The Morgan fingerprint density at radius 3 is 0.800 bits per heavy atom. The van der Waals surface area contributed by atoms with Crippen molar-refractivity contribution < 1.29 is 20.4 Å². The first-order chi connectivity index (χ1) is 11.3. The number of hydrogen-bond acceptors (Lipinski definition) is 6. The van der Waals surface area contributed by atoms with Crippen molar-refractivity contribution >= 4 is 75.0 Å². The molecule has 0 N–H and O–H groups in total. The van der Waals surface area contributed by atoms with Gasteiger partial charge in [-0.05, 0) is 52.1 Å². The third-order valence-electron chi connectivity index (χ3n) is 3.54. The molecule has 0 unspecified atom stereocenters. The Hall–Kier alpha value is 0.402. The first kappa shape index (κ1) is 25.4. The summed E-state index contributed by atoms with van der Waals surface area (Å²) in [6.07, 6.45) is 0. The van der Waals surface area contributed by atoms with E-state index in [1.54, 1.807) is 0 Å². The Morgan fingerprint density at radius 2 is 0.720 bits per heavy atom. The van der Waals surface area contributed by atoms with Crippen LogP contribution in [0.2, 0.25) is 0 Å². The van der Waals surface area contributed by atoms with Crippen molar-refractivity contribution in [1.82, 2.24) is 18.3 Å². The van der Waals surface area contributed by atoms with E-state index >= 15 is 0 Å². The molecule has 0 saturated carbocycles. The maximum atomic E-state index is 5.19. The van der Waals surface area contributed by atoms with E-state index in [1.807, 2.05) is 46.0 Å². The molecule has 2 aromatic heterocycles. The van der Waals surface area contributed by atoms with Crippen molar-refractivity contribution in [2.24, 2.45) is 0 Å². The minimum Gasteiger partial charge on any atom is -0.762 e. The van der Waals surface area contributed by atoms with E-state index in [4.69, 9.17) is 75.0 Å². The third kappa shape index (κ3) is 5.23. The molecule has 0 radical (unpaired) electrons. The van der Waals surface area contributed by atoms with E-state index in [0.29, 0.717) is 20.1 Å². The van der Waals surface area contributed by atoms with Gasteiger partial charge < -0.3 is 68.8 Å². The van der Waals surface area contributed by atoms with Crippen LogP contribution in [0.1, 0.15) is 27.7 Å². The van der Waals surface area contributed by atoms with Crippen molar-refractivity contribution in [1.29, 1.82) is 0 Å². The van der Waals surface area contributed by atoms with Crippen LogP contribution < -0.4 is 0 Å². The largest absolute Gasteiger partial charge is 0.762 e. The molecule has 2 aromatic rings. The van der Waals surface area contributed by atoms with Crippen molar-refractivity contribution in [2.45, 2.75) is 74.0 Å². The van der Waals surface area contributed by atoms with E-state index < -0.39 is 0 Å². The summed E-state index contributed by atoms with van der Waals surface area (Å²) in [7, 11) is 0. The van der Waals surface area contributed by atoms with E-state index in [2.05, 4.69) is 0 Å². The fraction of sp³-hybridized carbons (Fsp3) is 0.571. The van der Waals surface area contributed by atoms with Gasteiger partial charge in [-0.25, -0.2) is 0 Å². The number of imidazole rings is 2. The molecule has 0 saturated heterocycles. The SMILES string of the molecule is CCn1c([S-])c([S-])n(CC)c1=S.CCn1c([S-])c([S-])n(CC)c1=S.[Pd]. The van der Waals surface area contributed by atoms with Gasteiger partial charge in [0, 0.05) is 46.6 Å². The molecule has 25 heavy (non-hydrogen) atoms. The molecule has 2 rings (SSSR count).